The first-order valence-corrected chi connectivity index (χ1v) is 7.12. The van der Waals surface area contributed by atoms with Crippen LogP contribution in [0.4, 0.5) is 0 Å². The molecule has 17 heavy (non-hydrogen) atoms. The fraction of sp³-hybridized carbons (Fsp3) is 1.00. The number of hydrogen-bond acceptors (Lipinski definition) is 2. The minimum Gasteiger partial charge on any atom is -0.326 e. The van der Waals surface area contributed by atoms with Crippen LogP contribution in [0.2, 0.25) is 0 Å². The first kappa shape index (κ1) is 16.9. The van der Waals surface area contributed by atoms with Gasteiger partial charge in [0.2, 0.25) is 0 Å². The molecule has 0 aromatic rings. The quantitative estimate of drug-likeness (QED) is 0.681. The van der Waals surface area contributed by atoms with Crippen molar-refractivity contribution in [3.63, 3.8) is 0 Å². The van der Waals surface area contributed by atoms with Gasteiger partial charge in [0.1, 0.15) is 0 Å². The average Bonchev–Trinajstić information content (AvgIpc) is 2.28. The van der Waals surface area contributed by atoms with Crippen LogP contribution >= 0.6 is 0 Å². The van der Waals surface area contributed by atoms with E-state index < -0.39 is 0 Å². The molecule has 2 saturated carbocycles. The van der Waals surface area contributed by atoms with Crippen molar-refractivity contribution in [3.8, 4) is 0 Å². The van der Waals surface area contributed by atoms with E-state index in [1.54, 1.807) is 0 Å². The lowest BCUT2D eigenvalue weighted by molar-refractivity contribution is 0.277. The molecule has 2 heteroatoms. The van der Waals surface area contributed by atoms with Gasteiger partial charge in [-0.1, -0.05) is 59.8 Å². The van der Waals surface area contributed by atoms with Crippen LogP contribution in [0.25, 0.3) is 0 Å². The van der Waals surface area contributed by atoms with E-state index in [1.165, 1.54) is 38.5 Å². The summed E-state index contributed by atoms with van der Waals surface area (Å²) in [6, 6.07) is 0.562. The maximum Gasteiger partial charge on any atom is 0.0192 e. The summed E-state index contributed by atoms with van der Waals surface area (Å²) in [7, 11) is 0. The van der Waals surface area contributed by atoms with Crippen LogP contribution in [0.15, 0.2) is 0 Å². The van der Waals surface area contributed by atoms with E-state index >= 15 is 0 Å². The van der Waals surface area contributed by atoms with Crippen LogP contribution in [0.1, 0.15) is 72.6 Å². The van der Waals surface area contributed by atoms with Crippen molar-refractivity contribution >= 4 is 0 Å². The van der Waals surface area contributed by atoms with Gasteiger partial charge in [0.15, 0.2) is 0 Å². The zero-order valence-corrected chi connectivity index (χ0v) is 11.1. The van der Waals surface area contributed by atoms with E-state index in [9.17, 15) is 0 Å². The summed E-state index contributed by atoms with van der Waals surface area (Å²) in [5.74, 6) is 2.01. The molecule has 104 valence electrons. The number of rotatable bonds is 0. The Bertz CT molecular complexity index is 142. The van der Waals surface area contributed by atoms with E-state index in [0.29, 0.717) is 0 Å². The van der Waals surface area contributed by atoms with E-state index in [1.807, 2.05) is 0 Å². The van der Waals surface area contributed by atoms with Gasteiger partial charge in [-0.3, -0.25) is 0 Å². The summed E-state index contributed by atoms with van der Waals surface area (Å²) < 4.78 is 0. The Labute approximate surface area is 109 Å². The molecule has 4 atom stereocenters. The second-order valence-electron chi connectivity index (χ2n) is 5.85. The van der Waals surface area contributed by atoms with Crippen molar-refractivity contribution < 1.29 is 0 Å². The van der Waals surface area contributed by atoms with Gasteiger partial charge in [-0.25, -0.2) is 0 Å². The lowest BCUT2D eigenvalue weighted by Crippen LogP contribution is -2.43. The summed E-state index contributed by atoms with van der Waals surface area (Å²) in [5, 5.41) is 0. The molecular formula is C15H34N2. The molecule has 0 heterocycles. The van der Waals surface area contributed by atoms with Gasteiger partial charge in [0.25, 0.3) is 0 Å². The number of hydrogen-bond donors (Lipinski definition) is 2. The van der Waals surface area contributed by atoms with Gasteiger partial charge in [0, 0.05) is 12.1 Å². The predicted molar refractivity (Wildman–Crippen MR) is 77.9 cm³/mol. The topological polar surface area (TPSA) is 52.0 Å². The molecule has 0 aromatic heterocycles. The second kappa shape index (κ2) is 8.93. The molecule has 2 nitrogen and oxygen atoms in total. The van der Waals surface area contributed by atoms with E-state index in [4.69, 9.17) is 11.5 Å². The maximum absolute atomic E-state index is 5.65. The van der Waals surface area contributed by atoms with Crippen LogP contribution in [0.5, 0.6) is 0 Å². The van der Waals surface area contributed by atoms with Crippen LogP contribution < -0.4 is 11.5 Å². The van der Waals surface area contributed by atoms with Gasteiger partial charge < -0.3 is 11.5 Å². The molecule has 0 aromatic carbocycles. The fourth-order valence-corrected chi connectivity index (χ4v) is 2.69. The summed E-state index contributed by atoms with van der Waals surface area (Å²) >= 11 is 0. The molecule has 0 radical (unpaired) electrons. The molecule has 4 N–H and O–H groups in total. The Morgan fingerprint density at radius 1 is 0.647 bits per heavy atom. The Balaban J connectivity index is 0.000000284. The maximum atomic E-state index is 5.65. The number of nitrogens with two attached hydrogens (primary N) is 2. The minimum atomic E-state index is 0. The molecule has 0 unspecified atom stereocenters. The minimum absolute atomic E-state index is 0. The molecule has 2 aliphatic rings. The molecule has 0 aliphatic heterocycles. The molecule has 2 rings (SSSR count). The first-order valence-electron chi connectivity index (χ1n) is 7.12. The summed E-state index contributed by atoms with van der Waals surface area (Å²) in [6.07, 6.45) is 10.7. The second-order valence-corrected chi connectivity index (χ2v) is 5.85. The van der Waals surface area contributed by atoms with Gasteiger partial charge in [0.05, 0.1) is 0 Å². The SMILES string of the molecule is C.C[C@H]1CCCC[C@@H]1C.N[C@H]1CCCC[C@@H]1N. The third-order valence-corrected chi connectivity index (χ3v) is 4.42. The van der Waals surface area contributed by atoms with Crippen LogP contribution in [0, 0.1) is 11.8 Å². The van der Waals surface area contributed by atoms with E-state index in [2.05, 4.69) is 13.8 Å². The smallest absolute Gasteiger partial charge is 0.0192 e. The van der Waals surface area contributed by atoms with Crippen molar-refractivity contribution in [2.45, 2.75) is 84.7 Å². The third kappa shape index (κ3) is 6.42. The molecule has 0 amide bonds. The standard InChI is InChI=1S/C8H16.C6H14N2.CH4/c1-7-5-3-4-6-8(7)2;7-5-3-1-2-4-6(5)8;/h7-8H,3-6H2,1-2H3;5-6H,1-4,7-8H2;1H4/t7-,8-;5-,6-;/m00./s1. The summed E-state index contributed by atoms with van der Waals surface area (Å²) in [6.45, 7) is 4.76. The monoisotopic (exact) mass is 242 g/mol. The highest BCUT2D eigenvalue weighted by molar-refractivity contribution is 4.79. The van der Waals surface area contributed by atoms with Crippen LogP contribution in [0.3, 0.4) is 0 Å². The van der Waals surface area contributed by atoms with Crippen LogP contribution in [-0.2, 0) is 0 Å². The highest BCUT2D eigenvalue weighted by Gasteiger charge is 2.16. The van der Waals surface area contributed by atoms with Gasteiger partial charge in [-0.05, 0) is 24.7 Å². The van der Waals surface area contributed by atoms with Crippen LogP contribution in [-0.4, -0.2) is 12.1 Å². The molecule has 0 spiro atoms. The molecule has 2 aliphatic carbocycles. The average molecular weight is 242 g/mol. The van der Waals surface area contributed by atoms with Crippen molar-refractivity contribution in [2.75, 3.05) is 0 Å². The van der Waals surface area contributed by atoms with Gasteiger partial charge >= 0.3 is 0 Å². The molecule has 0 bridgehead atoms. The predicted octanol–water partition coefficient (Wildman–Crippen LogP) is 3.68. The fourth-order valence-electron chi connectivity index (χ4n) is 2.69. The van der Waals surface area contributed by atoms with Gasteiger partial charge in [-0.2, -0.15) is 0 Å². The lowest BCUT2D eigenvalue weighted by Gasteiger charge is -2.24. The Morgan fingerprint density at radius 3 is 1.18 bits per heavy atom. The molecule has 2 fully saturated rings. The van der Waals surface area contributed by atoms with Crippen molar-refractivity contribution in [2.24, 2.45) is 23.3 Å². The normalized spacial score (nSPS) is 37.4. The van der Waals surface area contributed by atoms with Crippen molar-refractivity contribution in [1.29, 1.82) is 0 Å². The first-order chi connectivity index (χ1) is 7.61. The Hall–Kier alpha value is -0.0800. The summed E-state index contributed by atoms with van der Waals surface area (Å²) in [5.41, 5.74) is 11.3. The molecule has 0 saturated heterocycles. The van der Waals surface area contributed by atoms with Crippen molar-refractivity contribution in [1.82, 2.24) is 0 Å². The Kier molecular flexibility index (Phi) is 8.89. The van der Waals surface area contributed by atoms with Gasteiger partial charge in [-0.15, -0.1) is 0 Å². The summed E-state index contributed by atoms with van der Waals surface area (Å²) in [4.78, 5) is 0. The zero-order valence-electron chi connectivity index (χ0n) is 11.1. The third-order valence-electron chi connectivity index (χ3n) is 4.42. The lowest BCUT2D eigenvalue weighted by atomic mass is 9.82. The zero-order chi connectivity index (χ0) is 12.0. The highest BCUT2D eigenvalue weighted by atomic mass is 14.8. The van der Waals surface area contributed by atoms with E-state index in [0.717, 1.165) is 24.7 Å². The highest BCUT2D eigenvalue weighted by Crippen LogP contribution is 2.28. The molecular weight excluding hydrogens is 208 g/mol. The largest absolute Gasteiger partial charge is 0.326 e. The van der Waals surface area contributed by atoms with Crippen molar-refractivity contribution in [3.05, 3.63) is 0 Å². The Morgan fingerprint density at radius 2 is 0.941 bits per heavy atom. The van der Waals surface area contributed by atoms with E-state index in [-0.39, 0.29) is 19.5 Å².